The lowest BCUT2D eigenvalue weighted by molar-refractivity contribution is -0.111. The van der Waals surface area contributed by atoms with Crippen LogP contribution in [0.2, 0.25) is 0 Å². The first-order valence-electron chi connectivity index (χ1n) is 4.34. The molecule has 0 aliphatic carbocycles. The number of carbonyl (C=O) groups is 1. The van der Waals surface area contributed by atoms with Crippen LogP contribution in [0.15, 0.2) is 36.4 Å². The number of benzene rings is 1. The average molecular weight is 191 g/mol. The highest BCUT2D eigenvalue weighted by Crippen LogP contribution is 2.16. The van der Waals surface area contributed by atoms with E-state index in [4.69, 9.17) is 4.74 Å². The SMILES string of the molecule is C/C=C/C(=O)Nc1cccc(OC)c1. The molecule has 0 unspecified atom stereocenters. The summed E-state index contributed by atoms with van der Waals surface area (Å²) < 4.78 is 5.03. The van der Waals surface area contributed by atoms with Crippen molar-refractivity contribution in [3.8, 4) is 5.75 Å². The van der Waals surface area contributed by atoms with E-state index in [1.165, 1.54) is 6.08 Å². The summed E-state index contributed by atoms with van der Waals surface area (Å²) >= 11 is 0. The molecule has 0 aromatic heterocycles. The fraction of sp³-hybridized carbons (Fsp3) is 0.182. The van der Waals surface area contributed by atoms with Crippen molar-refractivity contribution in [3.05, 3.63) is 36.4 Å². The summed E-state index contributed by atoms with van der Waals surface area (Å²) in [5, 5.41) is 2.71. The Labute approximate surface area is 83.4 Å². The molecule has 1 aromatic carbocycles. The molecule has 1 amide bonds. The maximum atomic E-state index is 11.2. The van der Waals surface area contributed by atoms with E-state index in [1.807, 2.05) is 18.2 Å². The zero-order valence-electron chi connectivity index (χ0n) is 8.28. The summed E-state index contributed by atoms with van der Waals surface area (Å²) in [5.74, 6) is 0.587. The lowest BCUT2D eigenvalue weighted by Gasteiger charge is -2.04. The van der Waals surface area contributed by atoms with Gasteiger partial charge in [0.2, 0.25) is 5.91 Å². The third kappa shape index (κ3) is 2.94. The molecule has 3 nitrogen and oxygen atoms in total. The van der Waals surface area contributed by atoms with Crippen LogP contribution in [0.4, 0.5) is 5.69 Å². The van der Waals surface area contributed by atoms with Crippen LogP contribution in [0.5, 0.6) is 5.75 Å². The van der Waals surface area contributed by atoms with Crippen molar-refractivity contribution < 1.29 is 9.53 Å². The van der Waals surface area contributed by atoms with Gasteiger partial charge in [-0.1, -0.05) is 12.1 Å². The van der Waals surface area contributed by atoms with Gasteiger partial charge in [0.15, 0.2) is 0 Å². The number of carbonyl (C=O) groups excluding carboxylic acids is 1. The Hall–Kier alpha value is -1.77. The number of nitrogens with one attached hydrogen (secondary N) is 1. The van der Waals surface area contributed by atoms with Gasteiger partial charge in [0.25, 0.3) is 0 Å². The van der Waals surface area contributed by atoms with Crippen LogP contribution < -0.4 is 10.1 Å². The maximum absolute atomic E-state index is 11.2. The van der Waals surface area contributed by atoms with Crippen molar-refractivity contribution in [3.63, 3.8) is 0 Å². The van der Waals surface area contributed by atoms with E-state index in [0.717, 1.165) is 11.4 Å². The molecule has 0 radical (unpaired) electrons. The number of rotatable bonds is 3. The first kappa shape index (κ1) is 10.3. The Kier molecular flexibility index (Phi) is 3.73. The van der Waals surface area contributed by atoms with E-state index in [-0.39, 0.29) is 5.91 Å². The van der Waals surface area contributed by atoms with Gasteiger partial charge >= 0.3 is 0 Å². The van der Waals surface area contributed by atoms with Crippen LogP contribution in [-0.4, -0.2) is 13.0 Å². The van der Waals surface area contributed by atoms with Gasteiger partial charge in [0.05, 0.1) is 7.11 Å². The lowest BCUT2D eigenvalue weighted by atomic mass is 10.3. The Morgan fingerprint density at radius 1 is 1.50 bits per heavy atom. The van der Waals surface area contributed by atoms with E-state index in [9.17, 15) is 4.79 Å². The van der Waals surface area contributed by atoms with Crippen LogP contribution in [0, 0.1) is 0 Å². The molecule has 0 saturated heterocycles. The molecular formula is C11H13NO2. The van der Waals surface area contributed by atoms with Crippen molar-refractivity contribution in [2.24, 2.45) is 0 Å². The molecule has 1 N–H and O–H groups in total. The summed E-state index contributed by atoms with van der Waals surface area (Å²) in [6.07, 6.45) is 3.16. The topological polar surface area (TPSA) is 38.3 Å². The van der Waals surface area contributed by atoms with Gasteiger partial charge < -0.3 is 10.1 Å². The van der Waals surface area contributed by atoms with E-state index in [1.54, 1.807) is 26.2 Å². The van der Waals surface area contributed by atoms with Gasteiger partial charge in [-0.15, -0.1) is 0 Å². The van der Waals surface area contributed by atoms with Gasteiger partial charge in [-0.25, -0.2) is 0 Å². The quantitative estimate of drug-likeness (QED) is 0.744. The summed E-state index contributed by atoms with van der Waals surface area (Å²) in [4.78, 5) is 11.2. The maximum Gasteiger partial charge on any atom is 0.248 e. The summed E-state index contributed by atoms with van der Waals surface area (Å²) in [5.41, 5.74) is 0.729. The fourth-order valence-electron chi connectivity index (χ4n) is 1.04. The van der Waals surface area contributed by atoms with Gasteiger partial charge in [0.1, 0.15) is 5.75 Å². The normalized spacial score (nSPS) is 10.1. The molecular weight excluding hydrogens is 178 g/mol. The summed E-state index contributed by atoms with van der Waals surface area (Å²) in [6.45, 7) is 1.80. The van der Waals surface area contributed by atoms with Gasteiger partial charge in [-0.05, 0) is 25.1 Å². The number of hydrogen-bond acceptors (Lipinski definition) is 2. The molecule has 0 aliphatic rings. The van der Waals surface area contributed by atoms with Crippen LogP contribution in [0.25, 0.3) is 0 Å². The van der Waals surface area contributed by atoms with E-state index >= 15 is 0 Å². The first-order chi connectivity index (χ1) is 6.76. The van der Waals surface area contributed by atoms with E-state index in [0.29, 0.717) is 0 Å². The van der Waals surface area contributed by atoms with Crippen molar-refractivity contribution in [1.82, 2.24) is 0 Å². The number of amides is 1. The van der Waals surface area contributed by atoms with E-state index < -0.39 is 0 Å². The molecule has 0 aliphatic heterocycles. The molecule has 74 valence electrons. The standard InChI is InChI=1S/C11H13NO2/c1-3-5-11(13)12-9-6-4-7-10(8-9)14-2/h3-8H,1-2H3,(H,12,13)/b5-3+. The third-order valence-corrected chi connectivity index (χ3v) is 1.66. The van der Waals surface area contributed by atoms with Gasteiger partial charge in [0, 0.05) is 11.8 Å². The largest absolute Gasteiger partial charge is 0.497 e. The second kappa shape index (κ2) is 5.07. The van der Waals surface area contributed by atoms with Crippen molar-refractivity contribution in [1.29, 1.82) is 0 Å². The molecule has 1 rings (SSSR count). The number of allylic oxidation sites excluding steroid dienone is 1. The molecule has 14 heavy (non-hydrogen) atoms. The predicted molar refractivity (Wildman–Crippen MR) is 56.4 cm³/mol. The second-order valence-corrected chi connectivity index (χ2v) is 2.72. The number of hydrogen-bond donors (Lipinski definition) is 1. The minimum atomic E-state index is -0.138. The Balaban J connectivity index is 2.71. The molecule has 0 spiro atoms. The summed E-state index contributed by atoms with van der Waals surface area (Å²) in [6, 6.07) is 7.22. The number of anilines is 1. The molecule has 0 heterocycles. The number of methoxy groups -OCH3 is 1. The predicted octanol–water partition coefficient (Wildman–Crippen LogP) is 2.21. The Morgan fingerprint density at radius 2 is 2.29 bits per heavy atom. The molecule has 0 saturated carbocycles. The van der Waals surface area contributed by atoms with Crippen LogP contribution in [-0.2, 0) is 4.79 Å². The third-order valence-electron chi connectivity index (χ3n) is 1.66. The van der Waals surface area contributed by atoms with Crippen molar-refractivity contribution in [2.45, 2.75) is 6.92 Å². The minimum absolute atomic E-state index is 0.138. The van der Waals surface area contributed by atoms with E-state index in [2.05, 4.69) is 5.32 Å². The lowest BCUT2D eigenvalue weighted by Crippen LogP contribution is -2.07. The molecule has 0 bridgehead atoms. The van der Waals surface area contributed by atoms with Crippen LogP contribution in [0.1, 0.15) is 6.92 Å². The van der Waals surface area contributed by atoms with Crippen molar-refractivity contribution >= 4 is 11.6 Å². The second-order valence-electron chi connectivity index (χ2n) is 2.72. The molecule has 0 fully saturated rings. The molecule has 0 atom stereocenters. The first-order valence-corrected chi connectivity index (χ1v) is 4.34. The zero-order valence-corrected chi connectivity index (χ0v) is 8.28. The van der Waals surface area contributed by atoms with Crippen LogP contribution in [0.3, 0.4) is 0 Å². The van der Waals surface area contributed by atoms with Gasteiger partial charge in [-0.3, -0.25) is 4.79 Å². The fourth-order valence-corrected chi connectivity index (χ4v) is 1.04. The van der Waals surface area contributed by atoms with Gasteiger partial charge in [-0.2, -0.15) is 0 Å². The molecule has 1 aromatic rings. The monoisotopic (exact) mass is 191 g/mol. The van der Waals surface area contributed by atoms with Crippen LogP contribution >= 0.6 is 0 Å². The Morgan fingerprint density at radius 3 is 2.93 bits per heavy atom. The smallest absolute Gasteiger partial charge is 0.248 e. The average Bonchev–Trinajstić information content (AvgIpc) is 2.18. The van der Waals surface area contributed by atoms with Crippen molar-refractivity contribution in [2.75, 3.05) is 12.4 Å². The Bertz CT molecular complexity index is 345. The highest BCUT2D eigenvalue weighted by molar-refractivity contribution is 5.99. The highest BCUT2D eigenvalue weighted by atomic mass is 16.5. The zero-order chi connectivity index (χ0) is 10.4. The summed E-state index contributed by atoms with van der Waals surface area (Å²) in [7, 11) is 1.59. The number of ether oxygens (including phenoxy) is 1. The minimum Gasteiger partial charge on any atom is -0.497 e. The molecule has 3 heteroatoms. The highest BCUT2D eigenvalue weighted by Gasteiger charge is 1.98.